The van der Waals surface area contributed by atoms with Gasteiger partial charge in [-0.05, 0) is 30.2 Å². The Morgan fingerprint density at radius 2 is 1.85 bits per heavy atom. The lowest BCUT2D eigenvalue weighted by atomic mass is 10.1. The Kier molecular flexibility index (Phi) is 7.92. The number of ether oxygens (including phenoxy) is 3. The Balaban J connectivity index is 1.87. The van der Waals surface area contributed by atoms with Gasteiger partial charge < -0.3 is 24.6 Å². The van der Waals surface area contributed by atoms with Gasteiger partial charge in [0.2, 0.25) is 0 Å². The SMILES string of the molecule is CCOCCOCc1cccc(CNC(=O)c2ccc(OC)cc2O)c1. The molecular weight excluding hydrogens is 334 g/mol. The van der Waals surface area contributed by atoms with E-state index in [1.165, 1.54) is 19.2 Å². The second-order valence-electron chi connectivity index (χ2n) is 5.64. The molecule has 140 valence electrons. The predicted octanol–water partition coefficient (Wildman–Crippen LogP) is 2.88. The van der Waals surface area contributed by atoms with E-state index in [-0.39, 0.29) is 17.2 Å². The molecule has 0 aliphatic heterocycles. The van der Waals surface area contributed by atoms with Gasteiger partial charge >= 0.3 is 0 Å². The van der Waals surface area contributed by atoms with Crippen molar-refractivity contribution in [1.29, 1.82) is 0 Å². The number of hydrogen-bond donors (Lipinski definition) is 2. The highest BCUT2D eigenvalue weighted by Crippen LogP contribution is 2.23. The number of aromatic hydroxyl groups is 1. The minimum Gasteiger partial charge on any atom is -0.507 e. The van der Waals surface area contributed by atoms with E-state index >= 15 is 0 Å². The minimum absolute atomic E-state index is 0.113. The smallest absolute Gasteiger partial charge is 0.255 e. The zero-order chi connectivity index (χ0) is 18.8. The zero-order valence-electron chi connectivity index (χ0n) is 15.2. The molecule has 0 fully saturated rings. The molecule has 0 radical (unpaired) electrons. The topological polar surface area (TPSA) is 77.0 Å². The third-order valence-corrected chi connectivity index (χ3v) is 3.74. The van der Waals surface area contributed by atoms with Gasteiger partial charge in [0.15, 0.2) is 0 Å². The van der Waals surface area contributed by atoms with E-state index in [4.69, 9.17) is 14.2 Å². The van der Waals surface area contributed by atoms with Gasteiger partial charge in [-0.1, -0.05) is 24.3 Å². The molecule has 6 nitrogen and oxygen atoms in total. The standard InChI is InChI=1S/C20H25NO5/c1-3-25-9-10-26-14-16-6-4-5-15(11-16)13-21-20(23)18-8-7-17(24-2)12-19(18)22/h4-8,11-12,22H,3,9-10,13-14H2,1-2H3,(H,21,23). The van der Waals surface area contributed by atoms with E-state index in [0.29, 0.717) is 38.7 Å². The van der Waals surface area contributed by atoms with Crippen LogP contribution in [0.15, 0.2) is 42.5 Å². The summed E-state index contributed by atoms with van der Waals surface area (Å²) in [5, 5.41) is 12.7. The van der Waals surface area contributed by atoms with E-state index in [1.807, 2.05) is 31.2 Å². The third kappa shape index (κ3) is 6.06. The van der Waals surface area contributed by atoms with E-state index in [2.05, 4.69) is 5.32 Å². The molecular formula is C20H25NO5. The summed E-state index contributed by atoms with van der Waals surface area (Å²) in [5.41, 5.74) is 2.19. The summed E-state index contributed by atoms with van der Waals surface area (Å²) in [6, 6.07) is 12.4. The molecule has 1 amide bonds. The normalized spacial score (nSPS) is 10.5. The fourth-order valence-electron chi connectivity index (χ4n) is 2.39. The number of benzene rings is 2. The first-order chi connectivity index (χ1) is 12.6. The quantitative estimate of drug-likeness (QED) is 0.638. The maximum Gasteiger partial charge on any atom is 0.255 e. The van der Waals surface area contributed by atoms with Crippen LogP contribution in [0.25, 0.3) is 0 Å². The number of nitrogens with one attached hydrogen (secondary N) is 1. The lowest BCUT2D eigenvalue weighted by Crippen LogP contribution is -2.22. The van der Waals surface area contributed by atoms with Crippen molar-refractivity contribution in [2.75, 3.05) is 26.9 Å². The molecule has 0 bridgehead atoms. The predicted molar refractivity (Wildman–Crippen MR) is 98.4 cm³/mol. The molecule has 2 N–H and O–H groups in total. The molecule has 0 saturated heterocycles. The molecule has 2 aromatic rings. The van der Waals surface area contributed by atoms with Gasteiger partial charge in [0.1, 0.15) is 11.5 Å². The van der Waals surface area contributed by atoms with Gasteiger partial charge in [-0.3, -0.25) is 4.79 Å². The summed E-state index contributed by atoms with van der Waals surface area (Å²) in [6.45, 7) is 4.61. The van der Waals surface area contributed by atoms with Crippen LogP contribution in [0, 0.1) is 0 Å². The van der Waals surface area contributed by atoms with Crippen molar-refractivity contribution in [2.45, 2.75) is 20.1 Å². The van der Waals surface area contributed by atoms with Crippen molar-refractivity contribution in [3.05, 3.63) is 59.2 Å². The molecule has 0 atom stereocenters. The van der Waals surface area contributed by atoms with Crippen molar-refractivity contribution in [3.63, 3.8) is 0 Å². The molecule has 0 heterocycles. The summed E-state index contributed by atoms with van der Waals surface area (Å²) in [5.74, 6) is 0.0397. The van der Waals surface area contributed by atoms with Gasteiger partial charge in [0.05, 0.1) is 32.5 Å². The van der Waals surface area contributed by atoms with E-state index in [0.717, 1.165) is 11.1 Å². The summed E-state index contributed by atoms with van der Waals surface area (Å²) < 4.78 is 15.8. The van der Waals surface area contributed by atoms with Crippen molar-refractivity contribution < 1.29 is 24.1 Å². The highest BCUT2D eigenvalue weighted by Gasteiger charge is 2.11. The van der Waals surface area contributed by atoms with E-state index < -0.39 is 0 Å². The molecule has 0 aliphatic carbocycles. The first kappa shape index (κ1) is 19.8. The average Bonchev–Trinajstić information content (AvgIpc) is 2.66. The van der Waals surface area contributed by atoms with Crippen LogP contribution < -0.4 is 10.1 Å². The van der Waals surface area contributed by atoms with Gasteiger partial charge in [0.25, 0.3) is 5.91 Å². The number of rotatable bonds is 10. The van der Waals surface area contributed by atoms with Gasteiger partial charge in [-0.15, -0.1) is 0 Å². The highest BCUT2D eigenvalue weighted by molar-refractivity contribution is 5.96. The zero-order valence-corrected chi connectivity index (χ0v) is 15.2. The summed E-state index contributed by atoms with van der Waals surface area (Å²) in [4.78, 5) is 12.2. The van der Waals surface area contributed by atoms with E-state index in [1.54, 1.807) is 6.07 Å². The van der Waals surface area contributed by atoms with Crippen LogP contribution >= 0.6 is 0 Å². The van der Waals surface area contributed by atoms with Crippen LogP contribution in [0.2, 0.25) is 0 Å². The van der Waals surface area contributed by atoms with Crippen LogP contribution in [-0.2, 0) is 22.6 Å². The molecule has 2 rings (SSSR count). The molecule has 6 heteroatoms. The molecule has 0 aliphatic rings. The number of phenols is 1. The Labute approximate surface area is 153 Å². The lowest BCUT2D eigenvalue weighted by molar-refractivity contribution is 0.0453. The van der Waals surface area contributed by atoms with Crippen molar-refractivity contribution >= 4 is 5.91 Å². The average molecular weight is 359 g/mol. The number of hydrogen-bond acceptors (Lipinski definition) is 5. The first-order valence-corrected chi connectivity index (χ1v) is 8.52. The number of methoxy groups -OCH3 is 1. The second-order valence-corrected chi connectivity index (χ2v) is 5.64. The van der Waals surface area contributed by atoms with Crippen molar-refractivity contribution in [3.8, 4) is 11.5 Å². The molecule has 2 aromatic carbocycles. The fraction of sp³-hybridized carbons (Fsp3) is 0.350. The number of carbonyl (C=O) groups excluding carboxylic acids is 1. The highest BCUT2D eigenvalue weighted by atomic mass is 16.5. The Hall–Kier alpha value is -2.57. The summed E-state index contributed by atoms with van der Waals surface area (Å²) in [6.07, 6.45) is 0. The molecule has 26 heavy (non-hydrogen) atoms. The monoisotopic (exact) mass is 359 g/mol. The largest absolute Gasteiger partial charge is 0.507 e. The molecule has 0 aromatic heterocycles. The van der Waals surface area contributed by atoms with Crippen LogP contribution in [0.3, 0.4) is 0 Å². The molecule has 0 saturated carbocycles. The van der Waals surface area contributed by atoms with Crippen molar-refractivity contribution in [2.24, 2.45) is 0 Å². The third-order valence-electron chi connectivity index (χ3n) is 3.74. The Morgan fingerprint density at radius 3 is 2.58 bits per heavy atom. The van der Waals surface area contributed by atoms with Gasteiger partial charge in [-0.25, -0.2) is 0 Å². The maximum absolute atomic E-state index is 12.2. The summed E-state index contributed by atoms with van der Waals surface area (Å²) in [7, 11) is 1.50. The van der Waals surface area contributed by atoms with Crippen LogP contribution in [0.1, 0.15) is 28.4 Å². The first-order valence-electron chi connectivity index (χ1n) is 8.52. The lowest BCUT2D eigenvalue weighted by Gasteiger charge is -2.10. The number of phenolic OH excluding ortho intramolecular Hbond substituents is 1. The second kappa shape index (κ2) is 10.4. The number of amides is 1. The Morgan fingerprint density at radius 1 is 1.08 bits per heavy atom. The van der Waals surface area contributed by atoms with Crippen molar-refractivity contribution in [1.82, 2.24) is 5.32 Å². The van der Waals surface area contributed by atoms with Gasteiger partial charge in [-0.2, -0.15) is 0 Å². The molecule has 0 spiro atoms. The maximum atomic E-state index is 12.2. The minimum atomic E-state index is -0.344. The summed E-state index contributed by atoms with van der Waals surface area (Å²) >= 11 is 0. The number of carbonyl (C=O) groups is 1. The Bertz CT molecular complexity index is 717. The van der Waals surface area contributed by atoms with Crippen LogP contribution in [0.5, 0.6) is 11.5 Å². The van der Waals surface area contributed by atoms with E-state index in [9.17, 15) is 9.90 Å². The van der Waals surface area contributed by atoms with Crippen LogP contribution in [-0.4, -0.2) is 37.9 Å². The van der Waals surface area contributed by atoms with Crippen LogP contribution in [0.4, 0.5) is 0 Å². The van der Waals surface area contributed by atoms with Gasteiger partial charge in [0, 0.05) is 19.2 Å². The fourth-order valence-corrected chi connectivity index (χ4v) is 2.39. The molecule has 0 unspecified atom stereocenters.